The fraction of sp³-hybridized carbons (Fsp3) is 0.167. The van der Waals surface area contributed by atoms with E-state index in [0.29, 0.717) is 24.4 Å². The van der Waals surface area contributed by atoms with Crippen LogP contribution in [0.2, 0.25) is 0 Å². The zero-order valence-electron chi connectivity index (χ0n) is 24.3. The van der Waals surface area contributed by atoms with Gasteiger partial charge in [0.25, 0.3) is 0 Å². The van der Waals surface area contributed by atoms with Gasteiger partial charge in [0.2, 0.25) is 0 Å². The van der Waals surface area contributed by atoms with Crippen LogP contribution in [-0.4, -0.2) is 38.4 Å². The van der Waals surface area contributed by atoms with Crippen molar-refractivity contribution in [3.63, 3.8) is 0 Å². The van der Waals surface area contributed by atoms with Gasteiger partial charge in [-0.3, -0.25) is 0 Å². The average Bonchev–Trinajstić information content (AvgIpc) is 3.02. The van der Waals surface area contributed by atoms with Crippen LogP contribution in [-0.2, 0) is 19.1 Å². The van der Waals surface area contributed by atoms with E-state index in [9.17, 15) is 9.59 Å². The molecule has 0 atom stereocenters. The number of hydrogen-bond acceptors (Lipinski definition) is 6. The number of hydrogen-bond donors (Lipinski definition) is 0. The molecule has 3 aromatic carbocycles. The summed E-state index contributed by atoms with van der Waals surface area (Å²) in [6.07, 6.45) is 7.09. The van der Waals surface area contributed by atoms with E-state index in [0.717, 1.165) is 33.8 Å². The zero-order chi connectivity index (χ0) is 30.7. The number of rotatable bonds is 14. The smallest absolute Gasteiger partial charge is 0.333 e. The van der Waals surface area contributed by atoms with Crippen molar-refractivity contribution < 1.29 is 28.5 Å². The van der Waals surface area contributed by atoms with Crippen LogP contribution < -0.4 is 9.47 Å². The molecule has 3 aromatic rings. The molecule has 0 aliphatic carbocycles. The molecule has 0 fully saturated rings. The van der Waals surface area contributed by atoms with E-state index in [4.69, 9.17) is 18.9 Å². The maximum absolute atomic E-state index is 11.3. The van der Waals surface area contributed by atoms with Crippen LogP contribution in [0, 0.1) is 0 Å². The van der Waals surface area contributed by atoms with Crippen LogP contribution in [0.15, 0.2) is 135 Å². The van der Waals surface area contributed by atoms with Crippen molar-refractivity contribution in [2.45, 2.75) is 13.8 Å². The molecule has 0 aliphatic heterocycles. The van der Waals surface area contributed by atoms with Crippen LogP contribution in [0.3, 0.4) is 0 Å². The minimum absolute atomic E-state index is 0.192. The Labute approximate surface area is 248 Å². The van der Waals surface area contributed by atoms with E-state index in [-0.39, 0.29) is 13.2 Å². The summed E-state index contributed by atoms with van der Waals surface area (Å²) < 4.78 is 21.4. The minimum Gasteiger partial charge on any atom is -0.490 e. The van der Waals surface area contributed by atoms with Crippen molar-refractivity contribution in [3.05, 3.63) is 135 Å². The third-order valence-electron chi connectivity index (χ3n) is 5.60. The van der Waals surface area contributed by atoms with Gasteiger partial charge in [0.05, 0.1) is 0 Å². The van der Waals surface area contributed by atoms with Gasteiger partial charge in [-0.25, -0.2) is 9.59 Å². The highest BCUT2D eigenvalue weighted by Crippen LogP contribution is 2.27. The number of carbonyl (C=O) groups is 2. The summed E-state index contributed by atoms with van der Waals surface area (Å²) in [4.78, 5) is 22.7. The Kier molecular flexibility index (Phi) is 14.4. The summed E-state index contributed by atoms with van der Waals surface area (Å²) in [5, 5.41) is 0. The molecule has 0 saturated carbocycles. The molecule has 0 spiro atoms. The monoisotopic (exact) mass is 566 g/mol. The van der Waals surface area contributed by atoms with Gasteiger partial charge in [0, 0.05) is 11.1 Å². The van der Waals surface area contributed by atoms with Gasteiger partial charge in [-0.2, -0.15) is 0 Å². The van der Waals surface area contributed by atoms with Crippen molar-refractivity contribution in [2.24, 2.45) is 0 Å². The lowest BCUT2D eigenvalue weighted by atomic mass is 10.0. The maximum atomic E-state index is 11.3. The predicted octanol–water partition coefficient (Wildman–Crippen LogP) is 7.93. The molecule has 0 N–H and O–H groups in total. The Morgan fingerprint density at radius 3 is 1.07 bits per heavy atom. The second-order valence-corrected chi connectivity index (χ2v) is 8.95. The Morgan fingerprint density at radius 2 is 0.786 bits per heavy atom. The second kappa shape index (κ2) is 18.3. The van der Waals surface area contributed by atoms with Crippen molar-refractivity contribution >= 4 is 11.9 Å². The molecule has 0 heterocycles. The van der Waals surface area contributed by atoms with Crippen molar-refractivity contribution in [2.75, 3.05) is 26.4 Å². The van der Waals surface area contributed by atoms with Gasteiger partial charge in [-0.15, -0.1) is 13.2 Å². The van der Waals surface area contributed by atoms with Crippen molar-refractivity contribution in [1.82, 2.24) is 0 Å². The molecule has 0 aliphatic rings. The lowest BCUT2D eigenvalue weighted by Crippen LogP contribution is -2.04. The molecule has 6 nitrogen and oxygen atoms in total. The molecule has 218 valence electrons. The summed E-state index contributed by atoms with van der Waals surface area (Å²) in [5.74, 6) is 0.709. The lowest BCUT2D eigenvalue weighted by molar-refractivity contribution is -0.138. The third kappa shape index (κ3) is 11.6. The summed E-state index contributed by atoms with van der Waals surface area (Å²) in [6.45, 7) is 17.5. The standard InChI is InChI=1S/C34H34O6.C2H4/c1-25(2)33(35)39-23-7-5-21-37-31-17-13-29(14-18-31)27-9-11-28(12-10-27)30-15-19-32(20-16-30)38-22-6-8-24-40-34(36)26(3)4;1-2/h5-20H,1,3,21-24H2,2,4H3;1-2H2/b7-5+,8-6+;. The van der Waals surface area contributed by atoms with Crippen molar-refractivity contribution in [1.29, 1.82) is 0 Å². The second-order valence-electron chi connectivity index (χ2n) is 8.95. The molecule has 6 heteroatoms. The molecule has 0 bridgehead atoms. The zero-order valence-corrected chi connectivity index (χ0v) is 24.3. The SMILES string of the molecule is C=C.C=C(C)C(=O)OC/C=C/COc1ccc(-c2ccc(-c3ccc(OC/C=C/COC(=O)C(=C)C)cc3)cc2)cc1. The summed E-state index contributed by atoms with van der Waals surface area (Å²) in [5.41, 5.74) is 5.15. The lowest BCUT2D eigenvalue weighted by Gasteiger charge is -2.08. The Morgan fingerprint density at radius 1 is 0.524 bits per heavy atom. The van der Waals surface area contributed by atoms with Gasteiger partial charge in [-0.1, -0.05) is 61.7 Å². The first-order valence-corrected chi connectivity index (χ1v) is 13.4. The summed E-state index contributed by atoms with van der Waals surface area (Å²) in [6, 6.07) is 24.2. The molecular weight excluding hydrogens is 528 g/mol. The summed E-state index contributed by atoms with van der Waals surface area (Å²) >= 11 is 0. The predicted molar refractivity (Wildman–Crippen MR) is 169 cm³/mol. The van der Waals surface area contributed by atoms with Crippen LogP contribution in [0.4, 0.5) is 0 Å². The fourth-order valence-corrected chi connectivity index (χ4v) is 3.40. The molecular formula is C36H38O6. The molecule has 0 unspecified atom stereocenters. The van der Waals surface area contributed by atoms with E-state index >= 15 is 0 Å². The highest BCUT2D eigenvalue weighted by Gasteiger charge is 2.03. The number of ether oxygens (including phenoxy) is 4. The van der Waals surface area contributed by atoms with Gasteiger partial charge in [0.15, 0.2) is 0 Å². The summed E-state index contributed by atoms with van der Waals surface area (Å²) in [7, 11) is 0. The molecule has 0 radical (unpaired) electrons. The highest BCUT2D eigenvalue weighted by atomic mass is 16.5. The molecule has 0 amide bonds. The van der Waals surface area contributed by atoms with Crippen LogP contribution in [0.25, 0.3) is 22.3 Å². The number of carbonyl (C=O) groups excluding carboxylic acids is 2. The largest absolute Gasteiger partial charge is 0.490 e. The molecule has 0 aromatic heterocycles. The van der Waals surface area contributed by atoms with Gasteiger partial charge in [-0.05, 0) is 84.7 Å². The van der Waals surface area contributed by atoms with E-state index in [2.05, 4.69) is 50.6 Å². The normalized spacial score (nSPS) is 10.4. The molecule has 42 heavy (non-hydrogen) atoms. The van der Waals surface area contributed by atoms with E-state index in [1.807, 2.05) is 48.5 Å². The topological polar surface area (TPSA) is 71.1 Å². The first kappa shape index (κ1) is 33.1. The fourth-order valence-electron chi connectivity index (χ4n) is 3.40. The Hall–Kier alpha value is -5.10. The van der Waals surface area contributed by atoms with E-state index in [1.165, 1.54) is 0 Å². The molecule has 3 rings (SSSR count). The number of benzene rings is 3. The highest BCUT2D eigenvalue weighted by molar-refractivity contribution is 5.87. The molecule has 0 saturated heterocycles. The Balaban J connectivity index is 0.00000301. The van der Waals surface area contributed by atoms with Gasteiger partial charge in [0.1, 0.15) is 37.9 Å². The van der Waals surface area contributed by atoms with Gasteiger partial charge < -0.3 is 18.9 Å². The first-order valence-electron chi connectivity index (χ1n) is 13.4. The third-order valence-corrected chi connectivity index (χ3v) is 5.60. The van der Waals surface area contributed by atoms with Crippen LogP contribution >= 0.6 is 0 Å². The van der Waals surface area contributed by atoms with Crippen LogP contribution in [0.5, 0.6) is 11.5 Å². The first-order chi connectivity index (χ1) is 20.3. The number of esters is 2. The Bertz CT molecular complexity index is 1260. The van der Waals surface area contributed by atoms with Crippen molar-refractivity contribution in [3.8, 4) is 33.8 Å². The van der Waals surface area contributed by atoms with E-state index in [1.54, 1.807) is 38.2 Å². The minimum atomic E-state index is -0.403. The van der Waals surface area contributed by atoms with Crippen LogP contribution in [0.1, 0.15) is 13.8 Å². The quantitative estimate of drug-likeness (QED) is 0.112. The van der Waals surface area contributed by atoms with Gasteiger partial charge >= 0.3 is 11.9 Å². The maximum Gasteiger partial charge on any atom is 0.333 e. The van der Waals surface area contributed by atoms with E-state index < -0.39 is 11.9 Å². The average molecular weight is 567 g/mol.